The molecule has 1 aromatic rings. The van der Waals surface area contributed by atoms with Gasteiger partial charge in [0.2, 0.25) is 0 Å². The van der Waals surface area contributed by atoms with Gasteiger partial charge in [-0.25, -0.2) is 0 Å². The number of halogens is 1. The van der Waals surface area contributed by atoms with E-state index in [2.05, 4.69) is 11.9 Å². The fraction of sp³-hybridized carbons (Fsp3) is 0.533. The molecule has 19 heavy (non-hydrogen) atoms. The van der Waals surface area contributed by atoms with Gasteiger partial charge >= 0.3 is 5.97 Å². The van der Waals surface area contributed by atoms with Gasteiger partial charge in [0.05, 0.1) is 5.92 Å². The molecule has 1 N–H and O–H groups in total. The molecule has 0 saturated carbocycles. The predicted molar refractivity (Wildman–Crippen MR) is 74.5 cm³/mol. The number of rotatable bonds is 2. The molecule has 0 spiro atoms. The smallest absolute Gasteiger partial charge is 0.308 e. The summed E-state index contributed by atoms with van der Waals surface area (Å²) in [5.74, 6) is -0.856. The van der Waals surface area contributed by atoms with Crippen molar-refractivity contribution in [2.24, 2.45) is 5.92 Å². The van der Waals surface area contributed by atoms with Crippen molar-refractivity contribution in [3.05, 3.63) is 34.9 Å². The highest BCUT2D eigenvalue weighted by molar-refractivity contribution is 6.30. The summed E-state index contributed by atoms with van der Waals surface area (Å²) in [5, 5.41) is 10.3. The second kappa shape index (κ2) is 4.80. The largest absolute Gasteiger partial charge is 0.481 e. The van der Waals surface area contributed by atoms with E-state index in [4.69, 9.17) is 11.6 Å². The highest BCUT2D eigenvalue weighted by Gasteiger charge is 2.49. The Morgan fingerprint density at radius 3 is 2.63 bits per heavy atom. The van der Waals surface area contributed by atoms with Crippen LogP contribution in [0.3, 0.4) is 0 Å². The first-order chi connectivity index (χ1) is 9.08. The molecule has 2 bridgehead atoms. The van der Waals surface area contributed by atoms with Crippen molar-refractivity contribution in [1.82, 2.24) is 4.90 Å². The molecule has 102 valence electrons. The number of carboxylic acids is 1. The van der Waals surface area contributed by atoms with E-state index < -0.39 is 5.97 Å². The first kappa shape index (κ1) is 12.9. The number of piperidine rings is 1. The lowest BCUT2D eigenvalue weighted by molar-refractivity contribution is -0.146. The number of aliphatic carboxylic acids is 1. The minimum atomic E-state index is -0.669. The van der Waals surface area contributed by atoms with Gasteiger partial charge in [0.15, 0.2) is 0 Å². The molecule has 2 fully saturated rings. The van der Waals surface area contributed by atoms with Crippen LogP contribution in [0.25, 0.3) is 0 Å². The Bertz CT molecular complexity index is 487. The SMILES string of the molecule is CN1C2CCC1[C@@H](C(=O)O)C(c1ccc(Cl)cc1)C2. The van der Waals surface area contributed by atoms with Crippen molar-refractivity contribution < 1.29 is 9.90 Å². The highest BCUT2D eigenvalue weighted by atomic mass is 35.5. The van der Waals surface area contributed by atoms with E-state index in [9.17, 15) is 9.90 Å². The maximum Gasteiger partial charge on any atom is 0.308 e. The van der Waals surface area contributed by atoms with Crippen LogP contribution in [-0.2, 0) is 4.79 Å². The number of carbonyl (C=O) groups is 1. The molecule has 3 nitrogen and oxygen atoms in total. The van der Waals surface area contributed by atoms with Crippen LogP contribution >= 0.6 is 11.6 Å². The minimum Gasteiger partial charge on any atom is -0.481 e. The maximum atomic E-state index is 11.7. The molecule has 0 aromatic heterocycles. The fourth-order valence-electron chi connectivity index (χ4n) is 3.86. The molecular formula is C15H18ClNO2. The molecule has 2 aliphatic heterocycles. The van der Waals surface area contributed by atoms with E-state index in [0.717, 1.165) is 24.8 Å². The zero-order chi connectivity index (χ0) is 13.6. The maximum absolute atomic E-state index is 11.7. The summed E-state index contributed by atoms with van der Waals surface area (Å²) in [4.78, 5) is 14.0. The van der Waals surface area contributed by atoms with Gasteiger partial charge < -0.3 is 5.11 Å². The van der Waals surface area contributed by atoms with E-state index in [1.807, 2.05) is 24.3 Å². The third-order valence-electron chi connectivity index (χ3n) is 4.85. The lowest BCUT2D eigenvalue weighted by atomic mass is 9.76. The van der Waals surface area contributed by atoms with Crippen LogP contribution in [0.4, 0.5) is 0 Å². The van der Waals surface area contributed by atoms with E-state index in [-0.39, 0.29) is 17.9 Å². The summed E-state index contributed by atoms with van der Waals surface area (Å²) >= 11 is 5.92. The van der Waals surface area contributed by atoms with Gasteiger partial charge in [-0.3, -0.25) is 9.69 Å². The fourth-order valence-corrected chi connectivity index (χ4v) is 3.98. The quantitative estimate of drug-likeness (QED) is 0.905. The Hall–Kier alpha value is -1.06. The average Bonchev–Trinajstić information content (AvgIpc) is 2.63. The molecular weight excluding hydrogens is 262 g/mol. The van der Waals surface area contributed by atoms with E-state index in [1.54, 1.807) is 0 Å². The zero-order valence-electron chi connectivity index (χ0n) is 10.9. The molecule has 2 heterocycles. The summed E-state index contributed by atoms with van der Waals surface area (Å²) in [6.45, 7) is 0. The molecule has 0 radical (unpaired) electrons. The van der Waals surface area contributed by atoms with Gasteiger partial charge in [0.1, 0.15) is 0 Å². The molecule has 4 atom stereocenters. The van der Waals surface area contributed by atoms with Crippen LogP contribution in [0, 0.1) is 5.92 Å². The Labute approximate surface area is 118 Å². The van der Waals surface area contributed by atoms with Gasteiger partial charge in [0, 0.05) is 23.0 Å². The first-order valence-electron chi connectivity index (χ1n) is 6.78. The number of nitrogens with zero attached hydrogens (tertiary/aromatic N) is 1. The summed E-state index contributed by atoms with van der Waals surface area (Å²) in [6, 6.07) is 8.38. The minimum absolute atomic E-state index is 0.114. The van der Waals surface area contributed by atoms with Crippen molar-refractivity contribution >= 4 is 17.6 Å². The molecule has 2 saturated heterocycles. The second-order valence-electron chi connectivity index (χ2n) is 5.72. The number of benzene rings is 1. The van der Waals surface area contributed by atoms with E-state index >= 15 is 0 Å². The van der Waals surface area contributed by atoms with Gasteiger partial charge in [-0.1, -0.05) is 23.7 Å². The predicted octanol–water partition coefficient (Wildman–Crippen LogP) is 2.99. The highest BCUT2D eigenvalue weighted by Crippen LogP contribution is 2.46. The van der Waals surface area contributed by atoms with Crippen molar-refractivity contribution in [3.63, 3.8) is 0 Å². The van der Waals surface area contributed by atoms with Crippen molar-refractivity contribution in [2.45, 2.75) is 37.3 Å². The molecule has 3 unspecified atom stereocenters. The van der Waals surface area contributed by atoms with Crippen LogP contribution in [0.5, 0.6) is 0 Å². The average molecular weight is 280 g/mol. The summed E-state index contributed by atoms with van der Waals surface area (Å²) in [5.41, 5.74) is 1.11. The Balaban J connectivity index is 1.95. The van der Waals surface area contributed by atoms with Crippen molar-refractivity contribution in [2.75, 3.05) is 7.05 Å². The van der Waals surface area contributed by atoms with Gasteiger partial charge in [-0.2, -0.15) is 0 Å². The number of hydrogen-bond donors (Lipinski definition) is 1. The van der Waals surface area contributed by atoms with E-state index in [1.165, 1.54) is 0 Å². The van der Waals surface area contributed by atoms with Crippen LogP contribution in [0.2, 0.25) is 5.02 Å². The monoisotopic (exact) mass is 279 g/mol. The molecule has 1 aromatic carbocycles. The Morgan fingerprint density at radius 2 is 2.00 bits per heavy atom. The van der Waals surface area contributed by atoms with Gasteiger partial charge in [0.25, 0.3) is 0 Å². The summed E-state index contributed by atoms with van der Waals surface area (Å²) in [6.07, 6.45) is 3.06. The molecule has 2 aliphatic rings. The van der Waals surface area contributed by atoms with Gasteiger partial charge in [-0.15, -0.1) is 0 Å². The van der Waals surface area contributed by atoms with Crippen molar-refractivity contribution in [1.29, 1.82) is 0 Å². The van der Waals surface area contributed by atoms with Gasteiger partial charge in [-0.05, 0) is 44.0 Å². The Morgan fingerprint density at radius 1 is 1.32 bits per heavy atom. The molecule has 3 rings (SSSR count). The zero-order valence-corrected chi connectivity index (χ0v) is 11.7. The third kappa shape index (κ3) is 2.15. The summed E-state index contributed by atoms with van der Waals surface area (Å²) < 4.78 is 0. The molecule has 0 amide bonds. The molecule has 0 aliphatic carbocycles. The first-order valence-corrected chi connectivity index (χ1v) is 7.16. The number of carboxylic acid groups (broad SMARTS) is 1. The van der Waals surface area contributed by atoms with Crippen LogP contribution < -0.4 is 0 Å². The topological polar surface area (TPSA) is 40.5 Å². The standard InChI is InChI=1S/C15H18ClNO2/c1-17-11-6-7-13(17)14(15(18)19)12(8-11)9-2-4-10(16)5-3-9/h2-5,11-14H,6-8H2,1H3,(H,18,19)/t11?,12?,13?,14-/m0/s1. The van der Waals surface area contributed by atoms with E-state index in [0.29, 0.717) is 11.1 Å². The lowest BCUT2D eigenvalue weighted by Gasteiger charge is -2.41. The van der Waals surface area contributed by atoms with Crippen LogP contribution in [0.15, 0.2) is 24.3 Å². The normalized spacial score (nSPS) is 34.4. The molecule has 4 heteroatoms. The van der Waals surface area contributed by atoms with Crippen LogP contribution in [-0.4, -0.2) is 35.1 Å². The second-order valence-corrected chi connectivity index (χ2v) is 6.16. The number of fused-ring (bicyclic) bond motifs is 2. The third-order valence-corrected chi connectivity index (χ3v) is 5.10. The lowest BCUT2D eigenvalue weighted by Crippen LogP contribution is -2.48. The Kier molecular flexibility index (Phi) is 3.27. The van der Waals surface area contributed by atoms with Crippen LogP contribution in [0.1, 0.15) is 30.7 Å². The number of hydrogen-bond acceptors (Lipinski definition) is 2. The van der Waals surface area contributed by atoms with Crippen molar-refractivity contribution in [3.8, 4) is 0 Å². The summed E-state index contributed by atoms with van der Waals surface area (Å²) in [7, 11) is 2.07.